The molecule has 14 heavy (non-hydrogen) atoms. The molecule has 5 heteroatoms. The molecule has 0 amide bonds. The monoisotopic (exact) mass is 220 g/mol. The maximum absolute atomic E-state index is 5.46. The number of hydrogen-bond acceptors (Lipinski definition) is 4. The Morgan fingerprint density at radius 2 is 1.86 bits per heavy atom. The lowest BCUT2D eigenvalue weighted by atomic mass is 10.2. The topological polar surface area (TPSA) is 56.5 Å². The van der Waals surface area contributed by atoms with Gasteiger partial charge in [-0.2, -0.15) is 0 Å². The molecule has 0 aromatic carbocycles. The Kier molecular flexibility index (Phi) is 8.41. The Labute approximate surface area is 89.3 Å². The van der Waals surface area contributed by atoms with E-state index < -0.39 is 9.52 Å². The second kappa shape index (κ2) is 8.37. The fourth-order valence-corrected chi connectivity index (χ4v) is 3.07. The van der Waals surface area contributed by atoms with Crippen molar-refractivity contribution >= 4 is 9.52 Å². The highest BCUT2D eigenvalue weighted by Crippen LogP contribution is 2.03. The van der Waals surface area contributed by atoms with Gasteiger partial charge in [0, 0.05) is 33.0 Å². The Hall–Kier alpha value is 0.0569. The number of hydrogen-bond donors (Lipinski definition) is 2. The SMILES string of the molecule is COC(OC)[SiH2]C(NCCN)C(C)C. The highest BCUT2D eigenvalue weighted by molar-refractivity contribution is 6.38. The molecular weight excluding hydrogens is 196 g/mol. The van der Waals surface area contributed by atoms with Crippen molar-refractivity contribution in [3.8, 4) is 0 Å². The van der Waals surface area contributed by atoms with Gasteiger partial charge in [0.25, 0.3) is 0 Å². The number of ether oxygens (including phenoxy) is 2. The summed E-state index contributed by atoms with van der Waals surface area (Å²) in [4.78, 5) is 0. The van der Waals surface area contributed by atoms with Crippen LogP contribution in [0, 0.1) is 5.92 Å². The molecule has 0 saturated carbocycles. The third-order valence-electron chi connectivity index (χ3n) is 2.33. The summed E-state index contributed by atoms with van der Waals surface area (Å²) in [5.74, 6) is 0.619. The molecule has 0 bridgehead atoms. The van der Waals surface area contributed by atoms with E-state index in [1.807, 2.05) is 0 Å². The van der Waals surface area contributed by atoms with Crippen LogP contribution in [0.1, 0.15) is 13.8 Å². The lowest BCUT2D eigenvalue weighted by Gasteiger charge is -2.25. The van der Waals surface area contributed by atoms with Crippen molar-refractivity contribution in [2.24, 2.45) is 11.7 Å². The van der Waals surface area contributed by atoms with Gasteiger partial charge in [-0.3, -0.25) is 0 Å². The Bertz CT molecular complexity index is 132. The zero-order chi connectivity index (χ0) is 11.0. The fourth-order valence-electron chi connectivity index (χ4n) is 1.36. The van der Waals surface area contributed by atoms with E-state index in [9.17, 15) is 0 Å². The van der Waals surface area contributed by atoms with Crippen molar-refractivity contribution in [2.45, 2.75) is 25.4 Å². The van der Waals surface area contributed by atoms with E-state index in [1.165, 1.54) is 0 Å². The normalized spacial score (nSPS) is 14.8. The van der Waals surface area contributed by atoms with Crippen molar-refractivity contribution in [1.82, 2.24) is 5.32 Å². The van der Waals surface area contributed by atoms with Crippen LogP contribution in [0.2, 0.25) is 0 Å². The standard InChI is InChI=1S/C9H24N2O2Si/c1-7(2)8(11-6-5-10)14-9(12-3)13-4/h7-9,11H,5-6,10,14H2,1-4H3. The quantitative estimate of drug-likeness (QED) is 0.418. The first-order valence-corrected chi connectivity index (χ1v) is 6.78. The molecule has 86 valence electrons. The van der Waals surface area contributed by atoms with Crippen LogP contribution in [-0.4, -0.2) is 48.4 Å². The van der Waals surface area contributed by atoms with Gasteiger partial charge in [0.15, 0.2) is 0 Å². The second-order valence-electron chi connectivity index (χ2n) is 3.73. The average molecular weight is 220 g/mol. The van der Waals surface area contributed by atoms with Gasteiger partial charge in [0.1, 0.15) is 15.4 Å². The Morgan fingerprint density at radius 3 is 2.21 bits per heavy atom. The second-order valence-corrected chi connectivity index (χ2v) is 5.75. The van der Waals surface area contributed by atoms with Gasteiger partial charge in [-0.25, -0.2) is 0 Å². The minimum Gasteiger partial charge on any atom is -0.360 e. The zero-order valence-electron chi connectivity index (χ0n) is 9.75. The molecule has 0 aromatic heterocycles. The van der Waals surface area contributed by atoms with Crippen LogP contribution in [0.4, 0.5) is 0 Å². The molecule has 0 fully saturated rings. The highest BCUT2D eigenvalue weighted by atomic mass is 28.2. The van der Waals surface area contributed by atoms with E-state index in [0.29, 0.717) is 18.1 Å². The first-order chi connectivity index (χ1) is 6.65. The number of rotatable bonds is 8. The molecule has 0 aromatic rings. The lowest BCUT2D eigenvalue weighted by molar-refractivity contribution is -0.0453. The van der Waals surface area contributed by atoms with Crippen LogP contribution < -0.4 is 11.1 Å². The molecule has 0 aliphatic carbocycles. The summed E-state index contributed by atoms with van der Waals surface area (Å²) in [6.07, 6.45) is 0. The van der Waals surface area contributed by atoms with E-state index in [1.54, 1.807) is 14.2 Å². The predicted octanol–water partition coefficient (Wildman–Crippen LogP) is -0.738. The fraction of sp³-hybridized carbons (Fsp3) is 1.00. The smallest absolute Gasteiger partial charge is 0.135 e. The maximum atomic E-state index is 5.46. The van der Waals surface area contributed by atoms with E-state index in [0.717, 1.165) is 6.54 Å². The van der Waals surface area contributed by atoms with Crippen LogP contribution in [0.25, 0.3) is 0 Å². The molecule has 4 nitrogen and oxygen atoms in total. The average Bonchev–Trinajstić information content (AvgIpc) is 2.18. The minimum absolute atomic E-state index is 0.00711. The number of nitrogens with two attached hydrogens (primary N) is 1. The summed E-state index contributed by atoms with van der Waals surface area (Å²) in [6.45, 7) is 5.98. The third kappa shape index (κ3) is 5.72. The predicted molar refractivity (Wildman–Crippen MR) is 62.0 cm³/mol. The molecule has 0 heterocycles. The van der Waals surface area contributed by atoms with Gasteiger partial charge in [0.2, 0.25) is 0 Å². The van der Waals surface area contributed by atoms with Gasteiger partial charge in [-0.05, 0) is 5.92 Å². The van der Waals surface area contributed by atoms with Gasteiger partial charge in [0.05, 0.1) is 0 Å². The molecule has 0 rings (SSSR count). The summed E-state index contributed by atoms with van der Waals surface area (Å²) in [5, 5.41) is 3.44. The summed E-state index contributed by atoms with van der Waals surface area (Å²) in [6, 6.07) is 0. The van der Waals surface area contributed by atoms with E-state index in [-0.39, 0.29) is 5.91 Å². The van der Waals surface area contributed by atoms with Crippen molar-refractivity contribution in [1.29, 1.82) is 0 Å². The number of nitrogens with one attached hydrogen (secondary N) is 1. The summed E-state index contributed by atoms with van der Waals surface area (Å²) >= 11 is 0. The van der Waals surface area contributed by atoms with E-state index in [2.05, 4.69) is 19.2 Å². The maximum Gasteiger partial charge on any atom is 0.135 e. The van der Waals surface area contributed by atoms with Crippen LogP contribution >= 0.6 is 0 Å². The van der Waals surface area contributed by atoms with Crippen molar-refractivity contribution < 1.29 is 9.47 Å². The largest absolute Gasteiger partial charge is 0.360 e. The zero-order valence-corrected chi connectivity index (χ0v) is 11.2. The lowest BCUT2D eigenvalue weighted by Crippen LogP contribution is -2.46. The minimum atomic E-state index is -0.440. The first kappa shape index (κ1) is 14.1. The van der Waals surface area contributed by atoms with E-state index >= 15 is 0 Å². The van der Waals surface area contributed by atoms with Crippen LogP contribution in [0.3, 0.4) is 0 Å². The van der Waals surface area contributed by atoms with Gasteiger partial charge < -0.3 is 20.5 Å². The molecule has 0 aliphatic heterocycles. The Balaban J connectivity index is 3.93. The summed E-state index contributed by atoms with van der Waals surface area (Å²) < 4.78 is 10.5. The summed E-state index contributed by atoms with van der Waals surface area (Å²) in [7, 11) is 2.95. The van der Waals surface area contributed by atoms with E-state index in [4.69, 9.17) is 15.2 Å². The Morgan fingerprint density at radius 1 is 1.29 bits per heavy atom. The molecule has 3 N–H and O–H groups in total. The van der Waals surface area contributed by atoms with Crippen LogP contribution in [-0.2, 0) is 9.47 Å². The van der Waals surface area contributed by atoms with Gasteiger partial charge >= 0.3 is 0 Å². The number of methoxy groups -OCH3 is 2. The molecule has 0 radical (unpaired) electrons. The van der Waals surface area contributed by atoms with Crippen LogP contribution in [0.15, 0.2) is 0 Å². The van der Waals surface area contributed by atoms with Crippen molar-refractivity contribution in [3.05, 3.63) is 0 Å². The molecular formula is C9H24N2O2Si. The van der Waals surface area contributed by atoms with Gasteiger partial charge in [-0.1, -0.05) is 13.8 Å². The molecule has 1 atom stereocenters. The summed E-state index contributed by atoms with van der Waals surface area (Å²) in [5.41, 5.74) is 5.99. The van der Waals surface area contributed by atoms with Crippen molar-refractivity contribution in [2.75, 3.05) is 27.3 Å². The molecule has 1 unspecified atom stereocenters. The third-order valence-corrected chi connectivity index (χ3v) is 5.12. The van der Waals surface area contributed by atoms with Gasteiger partial charge in [-0.15, -0.1) is 0 Å². The molecule has 0 spiro atoms. The molecule has 0 saturated heterocycles. The first-order valence-electron chi connectivity index (χ1n) is 5.14. The molecule has 0 aliphatic rings. The highest BCUT2D eigenvalue weighted by Gasteiger charge is 2.18. The van der Waals surface area contributed by atoms with Crippen LogP contribution in [0.5, 0.6) is 0 Å². The van der Waals surface area contributed by atoms with Crippen molar-refractivity contribution in [3.63, 3.8) is 0 Å².